The molecular formula is C23H21N5O3. The minimum atomic E-state index is -0.236. The Kier molecular flexibility index (Phi) is 6.18. The van der Waals surface area contributed by atoms with E-state index in [9.17, 15) is 4.79 Å². The molecule has 0 saturated carbocycles. The second-order valence-electron chi connectivity index (χ2n) is 6.62. The number of ether oxygens (including phenoxy) is 2. The highest BCUT2D eigenvalue weighted by molar-refractivity contribution is 6.04. The van der Waals surface area contributed by atoms with E-state index in [2.05, 4.69) is 20.8 Å². The summed E-state index contributed by atoms with van der Waals surface area (Å²) in [5, 5.41) is 14.3. The van der Waals surface area contributed by atoms with Gasteiger partial charge in [0.15, 0.2) is 5.82 Å². The molecule has 0 atom stereocenters. The largest absolute Gasteiger partial charge is 0.486 e. The van der Waals surface area contributed by atoms with Gasteiger partial charge >= 0.3 is 0 Å². The molecule has 1 aromatic heterocycles. The highest BCUT2D eigenvalue weighted by Gasteiger charge is 2.10. The fraction of sp³-hybridized carbons (Fsp3) is 0.130. The van der Waals surface area contributed by atoms with Crippen LogP contribution in [-0.4, -0.2) is 26.1 Å². The van der Waals surface area contributed by atoms with Gasteiger partial charge in [-0.1, -0.05) is 24.3 Å². The first kappa shape index (κ1) is 20.1. The summed E-state index contributed by atoms with van der Waals surface area (Å²) in [5.41, 5.74) is 1.15. The number of anilines is 1. The van der Waals surface area contributed by atoms with Crippen LogP contribution in [0, 0.1) is 0 Å². The Balaban J connectivity index is 1.36. The first-order valence-corrected chi connectivity index (χ1v) is 9.83. The van der Waals surface area contributed by atoms with Crippen LogP contribution in [-0.2, 0) is 13.2 Å². The number of para-hydroxylation sites is 1. The number of benzene rings is 3. The quantitative estimate of drug-likeness (QED) is 0.461. The van der Waals surface area contributed by atoms with Gasteiger partial charge in [-0.3, -0.25) is 4.79 Å². The van der Waals surface area contributed by atoms with Crippen molar-refractivity contribution in [3.8, 4) is 17.2 Å². The number of rotatable bonds is 8. The van der Waals surface area contributed by atoms with Crippen LogP contribution >= 0.6 is 0 Å². The molecular weight excluding hydrogens is 394 g/mol. The zero-order valence-electron chi connectivity index (χ0n) is 16.9. The third kappa shape index (κ3) is 5.24. The third-order valence-electron chi connectivity index (χ3n) is 4.46. The Morgan fingerprint density at radius 1 is 0.935 bits per heavy atom. The zero-order valence-corrected chi connectivity index (χ0v) is 16.9. The maximum Gasteiger partial charge on any atom is 0.255 e. The summed E-state index contributed by atoms with van der Waals surface area (Å²) in [4.78, 5) is 12.6. The van der Waals surface area contributed by atoms with Crippen molar-refractivity contribution in [3.63, 3.8) is 0 Å². The number of hydrogen-bond donors (Lipinski definition) is 1. The molecule has 1 amide bonds. The number of nitrogens with zero attached hydrogens (tertiary/aromatic N) is 4. The van der Waals surface area contributed by atoms with Crippen LogP contribution in [0.2, 0.25) is 0 Å². The van der Waals surface area contributed by atoms with Gasteiger partial charge < -0.3 is 14.8 Å². The third-order valence-corrected chi connectivity index (χ3v) is 4.46. The number of nitrogens with one attached hydrogen (secondary N) is 1. The van der Waals surface area contributed by atoms with E-state index in [-0.39, 0.29) is 12.5 Å². The minimum Gasteiger partial charge on any atom is -0.486 e. The summed E-state index contributed by atoms with van der Waals surface area (Å²) in [5.74, 6) is 2.39. The van der Waals surface area contributed by atoms with E-state index in [4.69, 9.17) is 9.47 Å². The number of carbonyl (C=O) groups excluding carboxylic acids is 1. The highest BCUT2D eigenvalue weighted by atomic mass is 16.5. The molecule has 0 aliphatic heterocycles. The Hall–Kier alpha value is -4.20. The molecule has 0 unspecified atom stereocenters. The second-order valence-corrected chi connectivity index (χ2v) is 6.62. The van der Waals surface area contributed by atoms with Gasteiger partial charge in [-0.05, 0) is 71.9 Å². The topological polar surface area (TPSA) is 91.2 Å². The van der Waals surface area contributed by atoms with Crippen LogP contribution in [0.15, 0.2) is 78.9 Å². The summed E-state index contributed by atoms with van der Waals surface area (Å²) in [6.45, 7) is 2.82. The predicted octanol–water partition coefficient (Wildman–Crippen LogP) is 4.32. The molecule has 0 saturated heterocycles. The number of aromatic nitrogens is 4. The Bertz CT molecular complexity index is 1140. The maximum atomic E-state index is 12.6. The van der Waals surface area contributed by atoms with Crippen molar-refractivity contribution >= 4 is 11.6 Å². The van der Waals surface area contributed by atoms with Crippen molar-refractivity contribution in [2.75, 3.05) is 5.32 Å². The van der Waals surface area contributed by atoms with E-state index in [0.29, 0.717) is 35.1 Å². The van der Waals surface area contributed by atoms with Gasteiger partial charge in [-0.25, -0.2) is 4.68 Å². The summed E-state index contributed by atoms with van der Waals surface area (Å²) in [6.07, 6.45) is 0. The molecule has 0 aliphatic rings. The number of amides is 1. The molecule has 0 spiro atoms. The lowest BCUT2D eigenvalue weighted by atomic mass is 10.2. The molecule has 4 rings (SSSR count). The second kappa shape index (κ2) is 9.53. The summed E-state index contributed by atoms with van der Waals surface area (Å²) in [6, 6.07) is 23.7. The van der Waals surface area contributed by atoms with Gasteiger partial charge in [0, 0.05) is 17.8 Å². The van der Waals surface area contributed by atoms with Gasteiger partial charge in [0.25, 0.3) is 5.91 Å². The molecule has 0 bridgehead atoms. The fourth-order valence-electron chi connectivity index (χ4n) is 2.88. The summed E-state index contributed by atoms with van der Waals surface area (Å²) in [7, 11) is 0. The number of aryl methyl sites for hydroxylation is 1. The van der Waals surface area contributed by atoms with Crippen molar-refractivity contribution in [2.24, 2.45) is 0 Å². The lowest BCUT2D eigenvalue weighted by Crippen LogP contribution is -2.12. The van der Waals surface area contributed by atoms with Crippen molar-refractivity contribution < 1.29 is 14.3 Å². The summed E-state index contributed by atoms with van der Waals surface area (Å²) >= 11 is 0. The Morgan fingerprint density at radius 3 is 2.45 bits per heavy atom. The van der Waals surface area contributed by atoms with Gasteiger partial charge in [-0.2, -0.15) is 0 Å². The van der Waals surface area contributed by atoms with E-state index < -0.39 is 0 Å². The molecule has 8 nitrogen and oxygen atoms in total. The van der Waals surface area contributed by atoms with E-state index in [1.165, 1.54) is 0 Å². The van der Waals surface area contributed by atoms with Crippen LogP contribution in [0.1, 0.15) is 23.1 Å². The van der Waals surface area contributed by atoms with Crippen molar-refractivity contribution in [3.05, 3.63) is 90.3 Å². The van der Waals surface area contributed by atoms with E-state index >= 15 is 0 Å². The predicted molar refractivity (Wildman–Crippen MR) is 115 cm³/mol. The van der Waals surface area contributed by atoms with Crippen LogP contribution in [0.25, 0.3) is 0 Å². The molecule has 0 aliphatic carbocycles. The first-order chi connectivity index (χ1) is 15.2. The van der Waals surface area contributed by atoms with Crippen LogP contribution in [0.4, 0.5) is 5.69 Å². The van der Waals surface area contributed by atoms with Crippen molar-refractivity contribution in [2.45, 2.75) is 20.1 Å². The normalized spacial score (nSPS) is 10.5. The Labute approximate surface area is 179 Å². The molecule has 31 heavy (non-hydrogen) atoms. The molecule has 156 valence electrons. The van der Waals surface area contributed by atoms with Crippen molar-refractivity contribution in [1.29, 1.82) is 0 Å². The van der Waals surface area contributed by atoms with Gasteiger partial charge in [-0.15, -0.1) is 5.10 Å². The lowest BCUT2D eigenvalue weighted by Gasteiger charge is -2.10. The first-order valence-electron chi connectivity index (χ1n) is 9.83. The SMILES string of the molecule is CCn1nnnc1COc1cccc(C(=O)Nc2ccc(Oc3ccccc3)cc2)c1. The van der Waals surface area contributed by atoms with Crippen LogP contribution in [0.3, 0.4) is 0 Å². The van der Waals surface area contributed by atoms with E-state index in [1.807, 2.05) is 37.3 Å². The Morgan fingerprint density at radius 2 is 1.68 bits per heavy atom. The van der Waals surface area contributed by atoms with E-state index in [1.54, 1.807) is 53.2 Å². The number of hydrogen-bond acceptors (Lipinski definition) is 6. The van der Waals surface area contributed by atoms with Crippen molar-refractivity contribution in [1.82, 2.24) is 20.2 Å². The summed E-state index contributed by atoms with van der Waals surface area (Å²) < 4.78 is 13.2. The van der Waals surface area contributed by atoms with Gasteiger partial charge in [0.05, 0.1) is 0 Å². The van der Waals surface area contributed by atoms with E-state index in [0.717, 1.165) is 5.75 Å². The average Bonchev–Trinajstić information content (AvgIpc) is 3.27. The van der Waals surface area contributed by atoms with Crippen LogP contribution < -0.4 is 14.8 Å². The molecule has 8 heteroatoms. The molecule has 3 aromatic carbocycles. The molecule has 1 heterocycles. The number of tetrazole rings is 1. The molecule has 0 fully saturated rings. The molecule has 0 radical (unpaired) electrons. The monoisotopic (exact) mass is 415 g/mol. The number of carbonyl (C=O) groups is 1. The molecule has 1 N–H and O–H groups in total. The lowest BCUT2D eigenvalue weighted by molar-refractivity contribution is 0.102. The zero-order chi connectivity index (χ0) is 21.5. The fourth-order valence-corrected chi connectivity index (χ4v) is 2.88. The van der Waals surface area contributed by atoms with Crippen LogP contribution in [0.5, 0.6) is 17.2 Å². The average molecular weight is 415 g/mol. The highest BCUT2D eigenvalue weighted by Crippen LogP contribution is 2.23. The maximum absolute atomic E-state index is 12.6. The molecule has 4 aromatic rings. The standard InChI is InChI=1S/C23H21N5O3/c1-2-28-22(25-26-27-28)16-30-21-10-6-7-17(15-21)23(29)24-18-11-13-20(14-12-18)31-19-8-4-3-5-9-19/h3-15H,2,16H2,1H3,(H,24,29). The minimum absolute atomic E-state index is 0.217. The van der Waals surface area contributed by atoms with Gasteiger partial charge in [0.1, 0.15) is 23.9 Å². The van der Waals surface area contributed by atoms with Gasteiger partial charge in [0.2, 0.25) is 0 Å². The smallest absolute Gasteiger partial charge is 0.255 e.